The van der Waals surface area contributed by atoms with Crippen LogP contribution in [0.15, 0.2) is 60.7 Å². The number of rotatable bonds is 12. The van der Waals surface area contributed by atoms with E-state index in [2.05, 4.69) is 97.1 Å². The fraction of sp³-hybridized carbons (Fsp3) is 0.600. The van der Waals surface area contributed by atoms with Crippen LogP contribution < -0.4 is 0 Å². The van der Waals surface area contributed by atoms with E-state index in [0.717, 1.165) is 15.8 Å². The normalized spacial score (nSPS) is 20.5. The van der Waals surface area contributed by atoms with E-state index in [9.17, 15) is 0 Å². The maximum atomic E-state index is 2.66. The maximum Gasteiger partial charge on any atom is 0.0231 e. The standard InChI is InChI=1S/C30H43I/c1-3-5-8-14-25-20-22-28(23-21-25)30(24-13-19-29(31)4-2,26-15-9-6-10-16-26)27-17-11-7-12-18-27/h6-7,9-12,15-18,25,28-29H,3-5,8,13-14,19-24H2,1-2H3/t25-,28-,29?. The second-order valence-electron chi connectivity index (χ2n) is 9.81. The fourth-order valence-electron chi connectivity index (χ4n) is 6.04. The Balaban J connectivity index is 1.88. The van der Waals surface area contributed by atoms with Gasteiger partial charge in [0.25, 0.3) is 0 Å². The van der Waals surface area contributed by atoms with E-state index in [-0.39, 0.29) is 5.41 Å². The lowest BCUT2D eigenvalue weighted by molar-refractivity contribution is 0.178. The summed E-state index contributed by atoms with van der Waals surface area (Å²) in [4.78, 5) is 0. The average Bonchev–Trinajstić information content (AvgIpc) is 2.83. The number of unbranched alkanes of at least 4 members (excludes halogenated alkanes) is 2. The van der Waals surface area contributed by atoms with Crippen molar-refractivity contribution in [2.75, 3.05) is 0 Å². The number of benzene rings is 2. The lowest BCUT2D eigenvalue weighted by Gasteiger charge is -2.46. The molecule has 0 N–H and O–H groups in total. The Labute approximate surface area is 205 Å². The Hall–Kier alpha value is -0.830. The van der Waals surface area contributed by atoms with Crippen LogP contribution in [0.1, 0.15) is 102 Å². The van der Waals surface area contributed by atoms with Crippen molar-refractivity contribution in [1.82, 2.24) is 0 Å². The summed E-state index contributed by atoms with van der Waals surface area (Å²) in [5.74, 6) is 1.72. The molecule has 1 fully saturated rings. The number of halogens is 1. The molecule has 0 saturated heterocycles. The van der Waals surface area contributed by atoms with Crippen LogP contribution in [0.4, 0.5) is 0 Å². The van der Waals surface area contributed by atoms with Gasteiger partial charge in [0.05, 0.1) is 0 Å². The minimum absolute atomic E-state index is 0.168. The lowest BCUT2D eigenvalue weighted by atomic mass is 9.58. The van der Waals surface area contributed by atoms with E-state index in [0.29, 0.717) is 0 Å². The number of hydrogen-bond donors (Lipinski definition) is 0. The maximum absolute atomic E-state index is 2.66. The van der Waals surface area contributed by atoms with Crippen LogP contribution in [0, 0.1) is 11.8 Å². The van der Waals surface area contributed by atoms with Gasteiger partial charge in [0, 0.05) is 9.34 Å². The average molecular weight is 531 g/mol. The second kappa shape index (κ2) is 13.0. The number of alkyl halides is 1. The van der Waals surface area contributed by atoms with Gasteiger partial charge in [0.1, 0.15) is 0 Å². The molecular formula is C30H43I. The molecule has 1 unspecified atom stereocenters. The third kappa shape index (κ3) is 6.59. The van der Waals surface area contributed by atoms with Gasteiger partial charge in [0.2, 0.25) is 0 Å². The largest absolute Gasteiger partial charge is 0.0826 e. The molecule has 0 aliphatic heterocycles. The lowest BCUT2D eigenvalue weighted by Crippen LogP contribution is -2.39. The third-order valence-corrected chi connectivity index (χ3v) is 9.37. The predicted octanol–water partition coefficient (Wildman–Crippen LogP) is 9.74. The van der Waals surface area contributed by atoms with Gasteiger partial charge in [-0.3, -0.25) is 0 Å². The van der Waals surface area contributed by atoms with Crippen molar-refractivity contribution >= 4 is 22.6 Å². The molecule has 0 radical (unpaired) electrons. The van der Waals surface area contributed by atoms with E-state index in [1.54, 1.807) is 11.1 Å². The van der Waals surface area contributed by atoms with Gasteiger partial charge in [-0.1, -0.05) is 142 Å². The van der Waals surface area contributed by atoms with Crippen molar-refractivity contribution in [2.45, 2.75) is 100 Å². The van der Waals surface area contributed by atoms with E-state index in [1.807, 2.05) is 0 Å². The summed E-state index contributed by atoms with van der Waals surface area (Å²) in [7, 11) is 0. The van der Waals surface area contributed by atoms with Gasteiger partial charge in [-0.25, -0.2) is 0 Å². The van der Waals surface area contributed by atoms with Crippen molar-refractivity contribution in [3.63, 3.8) is 0 Å². The highest BCUT2D eigenvalue weighted by molar-refractivity contribution is 14.1. The molecular weight excluding hydrogens is 487 g/mol. The van der Waals surface area contributed by atoms with Crippen LogP contribution in [-0.2, 0) is 5.41 Å². The van der Waals surface area contributed by atoms with Gasteiger partial charge >= 0.3 is 0 Å². The first-order valence-electron chi connectivity index (χ1n) is 13.0. The van der Waals surface area contributed by atoms with Crippen molar-refractivity contribution in [1.29, 1.82) is 0 Å². The van der Waals surface area contributed by atoms with E-state index in [1.165, 1.54) is 77.0 Å². The molecule has 2 aromatic rings. The third-order valence-electron chi connectivity index (χ3n) is 7.87. The van der Waals surface area contributed by atoms with E-state index in [4.69, 9.17) is 0 Å². The first-order valence-corrected chi connectivity index (χ1v) is 14.2. The molecule has 0 aromatic heterocycles. The van der Waals surface area contributed by atoms with Crippen molar-refractivity contribution in [3.8, 4) is 0 Å². The molecule has 170 valence electrons. The first kappa shape index (κ1) is 24.8. The predicted molar refractivity (Wildman–Crippen MR) is 145 cm³/mol. The van der Waals surface area contributed by atoms with Crippen LogP contribution in [0.5, 0.6) is 0 Å². The molecule has 1 saturated carbocycles. The molecule has 0 heterocycles. The van der Waals surface area contributed by atoms with Crippen LogP contribution >= 0.6 is 22.6 Å². The highest BCUT2D eigenvalue weighted by atomic mass is 127. The zero-order valence-electron chi connectivity index (χ0n) is 19.9. The second-order valence-corrected chi connectivity index (χ2v) is 11.6. The van der Waals surface area contributed by atoms with Crippen LogP contribution in [0.25, 0.3) is 0 Å². The molecule has 0 nitrogen and oxygen atoms in total. The summed E-state index contributed by atoms with van der Waals surface area (Å²) in [6.45, 7) is 4.66. The summed E-state index contributed by atoms with van der Waals surface area (Å²) in [5.41, 5.74) is 3.27. The summed E-state index contributed by atoms with van der Waals surface area (Å²) < 4.78 is 0.802. The van der Waals surface area contributed by atoms with Crippen LogP contribution in [0.3, 0.4) is 0 Å². The van der Waals surface area contributed by atoms with Gasteiger partial charge in [-0.05, 0) is 55.1 Å². The molecule has 0 amide bonds. The Morgan fingerprint density at radius 3 is 1.90 bits per heavy atom. The number of hydrogen-bond acceptors (Lipinski definition) is 0. The minimum Gasteiger partial charge on any atom is -0.0826 e. The molecule has 1 atom stereocenters. The quantitative estimate of drug-likeness (QED) is 0.146. The van der Waals surface area contributed by atoms with E-state index >= 15 is 0 Å². The molecule has 1 aliphatic rings. The van der Waals surface area contributed by atoms with E-state index < -0.39 is 0 Å². The molecule has 1 heteroatoms. The molecule has 2 aromatic carbocycles. The summed E-state index contributed by atoms with van der Waals surface area (Å²) in [6.07, 6.45) is 16.5. The zero-order chi connectivity index (χ0) is 21.9. The van der Waals surface area contributed by atoms with Crippen molar-refractivity contribution in [3.05, 3.63) is 71.8 Å². The fourth-order valence-corrected chi connectivity index (χ4v) is 6.48. The van der Waals surface area contributed by atoms with Crippen LogP contribution in [-0.4, -0.2) is 3.92 Å². The zero-order valence-corrected chi connectivity index (χ0v) is 22.0. The highest BCUT2D eigenvalue weighted by Gasteiger charge is 2.42. The van der Waals surface area contributed by atoms with Crippen LogP contribution in [0.2, 0.25) is 0 Å². The van der Waals surface area contributed by atoms with Gasteiger partial charge < -0.3 is 0 Å². The SMILES string of the molecule is CCCCC[C@H]1CC[C@H](C(CCCC(I)CC)(c2ccccc2)c2ccccc2)CC1. The Morgan fingerprint density at radius 2 is 1.39 bits per heavy atom. The molecule has 3 rings (SSSR count). The molecule has 0 spiro atoms. The summed E-state index contributed by atoms with van der Waals surface area (Å²) in [6, 6.07) is 23.1. The van der Waals surface area contributed by atoms with Crippen molar-refractivity contribution in [2.24, 2.45) is 11.8 Å². The smallest absolute Gasteiger partial charge is 0.0231 e. The monoisotopic (exact) mass is 530 g/mol. The van der Waals surface area contributed by atoms with Gasteiger partial charge in [-0.15, -0.1) is 0 Å². The summed E-state index contributed by atoms with van der Waals surface area (Å²) in [5, 5.41) is 0. The highest BCUT2D eigenvalue weighted by Crippen LogP contribution is 2.50. The minimum atomic E-state index is 0.168. The Kier molecular flexibility index (Phi) is 10.4. The molecule has 1 aliphatic carbocycles. The first-order chi connectivity index (χ1) is 15.2. The Bertz CT molecular complexity index is 675. The topological polar surface area (TPSA) is 0 Å². The Morgan fingerprint density at radius 1 is 0.806 bits per heavy atom. The van der Waals surface area contributed by atoms with Gasteiger partial charge in [-0.2, -0.15) is 0 Å². The van der Waals surface area contributed by atoms with Crippen molar-refractivity contribution < 1.29 is 0 Å². The molecule has 0 bridgehead atoms. The van der Waals surface area contributed by atoms with Gasteiger partial charge in [0.15, 0.2) is 0 Å². The summed E-state index contributed by atoms with van der Waals surface area (Å²) >= 11 is 2.66. The molecule has 31 heavy (non-hydrogen) atoms.